The lowest BCUT2D eigenvalue weighted by Gasteiger charge is -2.18. The molecule has 0 aromatic carbocycles. The zero-order valence-electron chi connectivity index (χ0n) is 7.38. The van der Waals surface area contributed by atoms with Crippen molar-refractivity contribution in [3.8, 4) is 0 Å². The molecule has 0 bridgehead atoms. The van der Waals surface area contributed by atoms with Gasteiger partial charge in [0.05, 0.1) is 12.7 Å². The largest absolute Gasteiger partial charge is 0.382 e. The Bertz CT molecular complexity index is 108. The summed E-state index contributed by atoms with van der Waals surface area (Å²) in [6.07, 6.45) is 1.41. The minimum atomic E-state index is 0.271. The van der Waals surface area contributed by atoms with Gasteiger partial charge in [-0.15, -0.1) is 0 Å². The number of rotatable bonds is 2. The molecule has 1 fully saturated rings. The number of methoxy groups -OCH3 is 1. The van der Waals surface area contributed by atoms with Gasteiger partial charge in [0.15, 0.2) is 0 Å². The molecule has 0 saturated carbocycles. The number of nitrogens with zero attached hydrogens (tertiary/aromatic N) is 1. The third kappa shape index (κ3) is 3.18. The van der Waals surface area contributed by atoms with Gasteiger partial charge < -0.3 is 14.4 Å². The van der Waals surface area contributed by atoms with Gasteiger partial charge in [-0.3, -0.25) is 0 Å². The highest BCUT2D eigenvalue weighted by atomic mass is 16.5. The minimum Gasteiger partial charge on any atom is -0.382 e. The molecule has 0 aromatic heterocycles. The molecule has 1 atom stereocenters. The monoisotopic (exact) mass is 159 g/mol. The summed E-state index contributed by atoms with van der Waals surface area (Å²) in [4.78, 5) is 2.29. The third-order valence-corrected chi connectivity index (χ3v) is 1.91. The average molecular weight is 159 g/mol. The Kier molecular flexibility index (Phi) is 3.83. The van der Waals surface area contributed by atoms with Crippen molar-refractivity contribution in [3.63, 3.8) is 0 Å². The number of hydrogen-bond acceptors (Lipinski definition) is 3. The maximum Gasteiger partial charge on any atom is 0.0934 e. The van der Waals surface area contributed by atoms with E-state index in [1.165, 1.54) is 0 Å². The highest BCUT2D eigenvalue weighted by Gasteiger charge is 2.14. The summed E-state index contributed by atoms with van der Waals surface area (Å²) in [6, 6.07) is 0. The van der Waals surface area contributed by atoms with Gasteiger partial charge in [0.1, 0.15) is 0 Å². The van der Waals surface area contributed by atoms with Crippen LogP contribution in [0.5, 0.6) is 0 Å². The van der Waals surface area contributed by atoms with Crippen LogP contribution in [0, 0.1) is 0 Å². The van der Waals surface area contributed by atoms with E-state index in [2.05, 4.69) is 11.9 Å². The van der Waals surface area contributed by atoms with Crippen LogP contribution in [-0.4, -0.2) is 51.5 Å². The van der Waals surface area contributed by atoms with Gasteiger partial charge in [-0.1, -0.05) is 0 Å². The molecule has 0 amide bonds. The Morgan fingerprint density at radius 2 is 2.45 bits per heavy atom. The summed E-state index contributed by atoms with van der Waals surface area (Å²) in [5, 5.41) is 0. The topological polar surface area (TPSA) is 21.7 Å². The fraction of sp³-hybridized carbons (Fsp3) is 1.00. The van der Waals surface area contributed by atoms with Crippen LogP contribution in [0.4, 0.5) is 0 Å². The predicted octanol–water partition coefficient (Wildman–Crippen LogP) is 0.354. The van der Waals surface area contributed by atoms with Gasteiger partial charge in [0, 0.05) is 26.8 Å². The van der Waals surface area contributed by atoms with E-state index in [1.807, 2.05) is 0 Å². The maximum absolute atomic E-state index is 5.55. The van der Waals surface area contributed by atoms with Gasteiger partial charge in [0.25, 0.3) is 0 Å². The Balaban J connectivity index is 2.27. The molecule has 1 rings (SSSR count). The number of likely N-dealkylation sites (N-methyl/N-ethyl adjacent to an activating group) is 1. The summed E-state index contributed by atoms with van der Waals surface area (Å²) in [5.41, 5.74) is 0. The van der Waals surface area contributed by atoms with Crippen molar-refractivity contribution in [1.29, 1.82) is 0 Å². The van der Waals surface area contributed by atoms with Crippen molar-refractivity contribution in [2.45, 2.75) is 12.5 Å². The van der Waals surface area contributed by atoms with Crippen LogP contribution in [0.2, 0.25) is 0 Å². The van der Waals surface area contributed by atoms with E-state index in [9.17, 15) is 0 Å². The van der Waals surface area contributed by atoms with E-state index in [1.54, 1.807) is 7.11 Å². The third-order valence-electron chi connectivity index (χ3n) is 1.91. The molecular weight excluding hydrogens is 142 g/mol. The molecule has 0 aliphatic carbocycles. The molecule has 0 radical (unpaired) electrons. The Labute approximate surface area is 68.3 Å². The summed E-state index contributed by atoms with van der Waals surface area (Å²) >= 11 is 0. The molecule has 1 heterocycles. The SMILES string of the molecule is COCC1CN(C)CCCO1. The van der Waals surface area contributed by atoms with Crippen LogP contribution in [0.15, 0.2) is 0 Å². The second-order valence-electron chi connectivity index (χ2n) is 3.06. The lowest BCUT2D eigenvalue weighted by Crippen LogP contribution is -2.31. The zero-order valence-corrected chi connectivity index (χ0v) is 7.38. The molecule has 0 N–H and O–H groups in total. The summed E-state index contributed by atoms with van der Waals surface area (Å²) in [6.45, 7) is 3.72. The zero-order chi connectivity index (χ0) is 8.10. The van der Waals surface area contributed by atoms with Crippen LogP contribution in [-0.2, 0) is 9.47 Å². The minimum absolute atomic E-state index is 0.271. The molecule has 0 spiro atoms. The quantitative estimate of drug-likeness (QED) is 0.580. The van der Waals surface area contributed by atoms with Crippen LogP contribution < -0.4 is 0 Å². The van der Waals surface area contributed by atoms with Crippen LogP contribution in [0.3, 0.4) is 0 Å². The first-order chi connectivity index (χ1) is 5.33. The first-order valence-corrected chi connectivity index (χ1v) is 4.12. The van der Waals surface area contributed by atoms with Gasteiger partial charge in [-0.05, 0) is 13.5 Å². The first kappa shape index (κ1) is 8.97. The highest BCUT2D eigenvalue weighted by Crippen LogP contribution is 2.03. The molecule has 66 valence electrons. The second kappa shape index (κ2) is 4.70. The number of ether oxygens (including phenoxy) is 2. The average Bonchev–Trinajstić information content (AvgIpc) is 2.15. The van der Waals surface area contributed by atoms with Gasteiger partial charge in [-0.2, -0.15) is 0 Å². The lowest BCUT2D eigenvalue weighted by atomic mass is 10.3. The van der Waals surface area contributed by atoms with Gasteiger partial charge >= 0.3 is 0 Å². The van der Waals surface area contributed by atoms with Crippen LogP contribution >= 0.6 is 0 Å². The van der Waals surface area contributed by atoms with Gasteiger partial charge in [0.2, 0.25) is 0 Å². The second-order valence-corrected chi connectivity index (χ2v) is 3.06. The van der Waals surface area contributed by atoms with Crippen molar-refractivity contribution in [1.82, 2.24) is 4.90 Å². The molecule has 1 unspecified atom stereocenters. The fourth-order valence-corrected chi connectivity index (χ4v) is 1.36. The van der Waals surface area contributed by atoms with E-state index in [4.69, 9.17) is 9.47 Å². The Hall–Kier alpha value is -0.120. The molecule has 11 heavy (non-hydrogen) atoms. The Morgan fingerprint density at radius 1 is 1.64 bits per heavy atom. The summed E-state index contributed by atoms with van der Waals surface area (Å²) < 4.78 is 10.6. The number of hydrogen-bond donors (Lipinski definition) is 0. The van der Waals surface area contributed by atoms with Gasteiger partial charge in [-0.25, -0.2) is 0 Å². The van der Waals surface area contributed by atoms with Crippen molar-refractivity contribution < 1.29 is 9.47 Å². The molecule has 0 aromatic rings. The van der Waals surface area contributed by atoms with Crippen LogP contribution in [0.25, 0.3) is 0 Å². The Morgan fingerprint density at radius 3 is 3.18 bits per heavy atom. The molecule has 1 aliphatic rings. The smallest absolute Gasteiger partial charge is 0.0934 e. The standard InChI is InChI=1S/C8H17NO2/c1-9-4-3-5-11-8(6-9)7-10-2/h8H,3-7H2,1-2H3. The molecule has 3 nitrogen and oxygen atoms in total. The van der Waals surface area contributed by atoms with E-state index in [-0.39, 0.29) is 6.10 Å². The predicted molar refractivity (Wildman–Crippen MR) is 43.7 cm³/mol. The maximum atomic E-state index is 5.55. The normalized spacial score (nSPS) is 28.4. The first-order valence-electron chi connectivity index (χ1n) is 4.12. The van der Waals surface area contributed by atoms with E-state index in [0.29, 0.717) is 6.61 Å². The molecule has 1 aliphatic heterocycles. The summed E-state index contributed by atoms with van der Waals surface area (Å²) in [5.74, 6) is 0. The van der Waals surface area contributed by atoms with Crippen LogP contribution in [0.1, 0.15) is 6.42 Å². The lowest BCUT2D eigenvalue weighted by molar-refractivity contribution is 0.000721. The highest BCUT2D eigenvalue weighted by molar-refractivity contribution is 4.66. The van der Waals surface area contributed by atoms with Crippen molar-refractivity contribution in [2.75, 3.05) is 40.5 Å². The van der Waals surface area contributed by atoms with Crippen molar-refractivity contribution >= 4 is 0 Å². The van der Waals surface area contributed by atoms with E-state index in [0.717, 1.165) is 26.1 Å². The molecular formula is C8H17NO2. The fourth-order valence-electron chi connectivity index (χ4n) is 1.36. The summed E-state index contributed by atoms with van der Waals surface area (Å²) in [7, 11) is 3.84. The van der Waals surface area contributed by atoms with E-state index >= 15 is 0 Å². The van der Waals surface area contributed by atoms with E-state index < -0.39 is 0 Å². The van der Waals surface area contributed by atoms with Crippen molar-refractivity contribution in [2.24, 2.45) is 0 Å². The molecule has 1 saturated heterocycles. The molecule has 3 heteroatoms. The van der Waals surface area contributed by atoms with Crippen molar-refractivity contribution in [3.05, 3.63) is 0 Å².